The molecule has 0 saturated heterocycles. The van der Waals surface area contributed by atoms with Gasteiger partial charge in [-0.3, -0.25) is 9.59 Å². The van der Waals surface area contributed by atoms with E-state index in [0.29, 0.717) is 5.56 Å². The first-order valence-electron chi connectivity index (χ1n) is 5.35. The second-order valence-corrected chi connectivity index (χ2v) is 4.47. The zero-order valence-corrected chi connectivity index (χ0v) is 10.8. The highest BCUT2D eigenvalue weighted by atomic mass is 32.1. The van der Waals surface area contributed by atoms with Crippen LogP contribution in [-0.4, -0.2) is 24.4 Å². The van der Waals surface area contributed by atoms with Crippen LogP contribution in [0.2, 0.25) is 0 Å². The standard InChI is InChI=1S/C12H16N2O2S/c1-8(2)14-11(15)7-13-12(16)9-3-5-10(17)6-4-9/h3-6,8,17H,7H2,1-2H3,(H,13,16)(H,14,15). The fourth-order valence-electron chi connectivity index (χ4n) is 1.25. The Labute approximate surface area is 106 Å². The molecule has 0 aliphatic heterocycles. The van der Waals surface area contributed by atoms with E-state index in [1.54, 1.807) is 24.3 Å². The average molecular weight is 252 g/mol. The van der Waals surface area contributed by atoms with Crippen LogP contribution in [0.5, 0.6) is 0 Å². The van der Waals surface area contributed by atoms with E-state index >= 15 is 0 Å². The van der Waals surface area contributed by atoms with Gasteiger partial charge in [-0.1, -0.05) is 0 Å². The largest absolute Gasteiger partial charge is 0.352 e. The number of thiol groups is 1. The van der Waals surface area contributed by atoms with Gasteiger partial charge in [0.05, 0.1) is 6.54 Å². The molecule has 0 unspecified atom stereocenters. The van der Waals surface area contributed by atoms with Crippen molar-refractivity contribution in [2.75, 3.05) is 6.54 Å². The first kappa shape index (κ1) is 13.6. The number of carbonyl (C=O) groups excluding carboxylic acids is 2. The molecule has 92 valence electrons. The first-order valence-corrected chi connectivity index (χ1v) is 5.80. The number of rotatable bonds is 4. The van der Waals surface area contributed by atoms with Gasteiger partial charge in [0, 0.05) is 16.5 Å². The van der Waals surface area contributed by atoms with Crippen molar-refractivity contribution in [3.05, 3.63) is 29.8 Å². The summed E-state index contributed by atoms with van der Waals surface area (Å²) in [5.41, 5.74) is 0.514. The van der Waals surface area contributed by atoms with Gasteiger partial charge in [0.25, 0.3) is 5.91 Å². The summed E-state index contributed by atoms with van der Waals surface area (Å²) < 4.78 is 0. The summed E-state index contributed by atoms with van der Waals surface area (Å²) in [7, 11) is 0. The number of carbonyl (C=O) groups is 2. The normalized spacial score (nSPS) is 10.1. The van der Waals surface area contributed by atoms with Gasteiger partial charge in [-0.05, 0) is 38.1 Å². The number of nitrogens with one attached hydrogen (secondary N) is 2. The second-order valence-electron chi connectivity index (χ2n) is 3.95. The van der Waals surface area contributed by atoms with E-state index in [1.807, 2.05) is 13.8 Å². The summed E-state index contributed by atoms with van der Waals surface area (Å²) in [4.78, 5) is 23.7. The Bertz CT molecular complexity index is 401. The van der Waals surface area contributed by atoms with Gasteiger partial charge in [-0.25, -0.2) is 0 Å². The van der Waals surface area contributed by atoms with Crippen molar-refractivity contribution in [2.24, 2.45) is 0 Å². The van der Waals surface area contributed by atoms with Crippen LogP contribution in [0.3, 0.4) is 0 Å². The minimum atomic E-state index is -0.266. The number of amides is 2. The van der Waals surface area contributed by atoms with E-state index in [1.165, 1.54) is 0 Å². The molecule has 0 aromatic heterocycles. The van der Waals surface area contributed by atoms with Gasteiger partial charge >= 0.3 is 0 Å². The summed E-state index contributed by atoms with van der Waals surface area (Å²) in [6.07, 6.45) is 0. The van der Waals surface area contributed by atoms with Crippen molar-refractivity contribution < 1.29 is 9.59 Å². The van der Waals surface area contributed by atoms with Crippen LogP contribution in [0.1, 0.15) is 24.2 Å². The third-order valence-electron chi connectivity index (χ3n) is 1.99. The predicted octanol–water partition coefficient (Wildman–Crippen LogP) is 1.23. The van der Waals surface area contributed by atoms with Gasteiger partial charge in [-0.15, -0.1) is 12.6 Å². The molecule has 5 heteroatoms. The third kappa shape index (κ3) is 4.91. The van der Waals surface area contributed by atoms with E-state index < -0.39 is 0 Å². The molecule has 17 heavy (non-hydrogen) atoms. The van der Waals surface area contributed by atoms with Gasteiger partial charge < -0.3 is 10.6 Å². The molecule has 0 heterocycles. The summed E-state index contributed by atoms with van der Waals surface area (Å²) in [5, 5.41) is 5.24. The van der Waals surface area contributed by atoms with Crippen molar-refractivity contribution >= 4 is 24.4 Å². The Morgan fingerprint density at radius 2 is 1.82 bits per heavy atom. The maximum atomic E-state index is 11.6. The molecule has 0 aliphatic carbocycles. The minimum Gasteiger partial charge on any atom is -0.352 e. The summed E-state index contributed by atoms with van der Waals surface area (Å²) in [6, 6.07) is 6.86. The van der Waals surface area contributed by atoms with Crippen LogP contribution < -0.4 is 10.6 Å². The van der Waals surface area contributed by atoms with Crippen molar-refractivity contribution in [1.29, 1.82) is 0 Å². The highest BCUT2D eigenvalue weighted by molar-refractivity contribution is 7.80. The second kappa shape index (κ2) is 6.30. The number of hydrogen-bond acceptors (Lipinski definition) is 3. The molecule has 1 aromatic rings. The quantitative estimate of drug-likeness (QED) is 0.706. The zero-order valence-electron chi connectivity index (χ0n) is 9.86. The molecule has 0 bridgehead atoms. The SMILES string of the molecule is CC(C)NC(=O)CNC(=O)c1ccc(S)cc1. The molecule has 2 amide bonds. The molecular formula is C12H16N2O2S. The van der Waals surface area contributed by atoms with Gasteiger partial charge in [0.1, 0.15) is 0 Å². The molecule has 4 nitrogen and oxygen atoms in total. The maximum absolute atomic E-state index is 11.6. The molecule has 1 rings (SSSR count). The summed E-state index contributed by atoms with van der Waals surface area (Å²) in [6.45, 7) is 3.72. The maximum Gasteiger partial charge on any atom is 0.251 e. The molecule has 0 fully saturated rings. The molecule has 1 aromatic carbocycles. The molecule has 0 atom stereocenters. The Morgan fingerprint density at radius 3 is 2.35 bits per heavy atom. The van der Waals surface area contributed by atoms with Crippen LogP contribution in [0.25, 0.3) is 0 Å². The van der Waals surface area contributed by atoms with Crippen LogP contribution in [0, 0.1) is 0 Å². The summed E-state index contributed by atoms with van der Waals surface area (Å²) >= 11 is 4.13. The average Bonchev–Trinajstić information content (AvgIpc) is 2.26. The number of hydrogen-bond donors (Lipinski definition) is 3. The molecule has 0 radical (unpaired) electrons. The van der Waals surface area contributed by atoms with E-state index in [2.05, 4.69) is 23.3 Å². The fraction of sp³-hybridized carbons (Fsp3) is 0.333. The lowest BCUT2D eigenvalue weighted by atomic mass is 10.2. The van der Waals surface area contributed by atoms with E-state index in [4.69, 9.17) is 0 Å². The molecule has 0 aliphatic rings. The lowest BCUT2D eigenvalue weighted by Crippen LogP contribution is -2.39. The Hall–Kier alpha value is -1.49. The fourth-order valence-corrected chi connectivity index (χ4v) is 1.40. The zero-order chi connectivity index (χ0) is 12.8. The van der Waals surface area contributed by atoms with E-state index in [-0.39, 0.29) is 24.4 Å². The molecular weight excluding hydrogens is 236 g/mol. The molecule has 2 N–H and O–H groups in total. The van der Waals surface area contributed by atoms with Crippen molar-refractivity contribution in [1.82, 2.24) is 10.6 Å². The Balaban J connectivity index is 2.45. The lowest BCUT2D eigenvalue weighted by molar-refractivity contribution is -0.120. The molecule has 0 spiro atoms. The van der Waals surface area contributed by atoms with Crippen molar-refractivity contribution in [2.45, 2.75) is 24.8 Å². The Morgan fingerprint density at radius 1 is 1.24 bits per heavy atom. The van der Waals surface area contributed by atoms with Crippen LogP contribution in [0.4, 0.5) is 0 Å². The van der Waals surface area contributed by atoms with Crippen LogP contribution >= 0.6 is 12.6 Å². The van der Waals surface area contributed by atoms with Crippen molar-refractivity contribution in [3.63, 3.8) is 0 Å². The highest BCUT2D eigenvalue weighted by Crippen LogP contribution is 2.07. The Kier molecular flexibility index (Phi) is 5.03. The lowest BCUT2D eigenvalue weighted by Gasteiger charge is -2.09. The van der Waals surface area contributed by atoms with Gasteiger partial charge in [0.15, 0.2) is 0 Å². The summed E-state index contributed by atoms with van der Waals surface area (Å²) in [5.74, 6) is -0.462. The van der Waals surface area contributed by atoms with Crippen LogP contribution in [-0.2, 0) is 4.79 Å². The topological polar surface area (TPSA) is 58.2 Å². The highest BCUT2D eigenvalue weighted by Gasteiger charge is 2.08. The van der Waals surface area contributed by atoms with Gasteiger partial charge in [0.2, 0.25) is 5.91 Å². The third-order valence-corrected chi connectivity index (χ3v) is 2.29. The van der Waals surface area contributed by atoms with E-state index in [9.17, 15) is 9.59 Å². The monoisotopic (exact) mass is 252 g/mol. The van der Waals surface area contributed by atoms with Crippen LogP contribution in [0.15, 0.2) is 29.2 Å². The predicted molar refractivity (Wildman–Crippen MR) is 69.3 cm³/mol. The first-order chi connectivity index (χ1) is 7.99. The molecule has 0 saturated carbocycles. The number of benzene rings is 1. The minimum absolute atomic E-state index is 0.0142. The smallest absolute Gasteiger partial charge is 0.251 e. The van der Waals surface area contributed by atoms with Crippen molar-refractivity contribution in [3.8, 4) is 0 Å². The van der Waals surface area contributed by atoms with E-state index in [0.717, 1.165) is 4.90 Å². The van der Waals surface area contributed by atoms with Gasteiger partial charge in [-0.2, -0.15) is 0 Å².